The highest BCUT2D eigenvalue weighted by atomic mass is 127. The molecule has 1 aliphatic heterocycles. The summed E-state index contributed by atoms with van der Waals surface area (Å²) in [5, 5.41) is 11.4. The van der Waals surface area contributed by atoms with Crippen molar-refractivity contribution in [2.24, 2.45) is 0 Å². The quantitative estimate of drug-likeness (QED) is 0.797. The van der Waals surface area contributed by atoms with Crippen molar-refractivity contribution in [3.05, 3.63) is 19.9 Å². The normalized spacial score (nSPS) is 19.2. The molecule has 76 valence electrons. The summed E-state index contributed by atoms with van der Waals surface area (Å²) in [6.45, 7) is 2.63. The number of nitrogens with zero attached hydrogens (tertiary/aromatic N) is 1. The predicted molar refractivity (Wildman–Crippen MR) is 63.6 cm³/mol. The zero-order chi connectivity index (χ0) is 10.3. The number of carbonyl (C=O) groups excluding carboxylic acids is 1. The van der Waals surface area contributed by atoms with E-state index in [0.29, 0.717) is 13.1 Å². The summed E-state index contributed by atoms with van der Waals surface area (Å²) in [6, 6.07) is 1.88. The van der Waals surface area contributed by atoms with Crippen molar-refractivity contribution in [1.29, 1.82) is 0 Å². The third kappa shape index (κ3) is 1.94. The van der Waals surface area contributed by atoms with Crippen molar-refractivity contribution in [2.75, 3.05) is 13.1 Å². The van der Waals surface area contributed by atoms with E-state index in [1.807, 2.05) is 11.4 Å². The molecule has 1 N–H and O–H groups in total. The van der Waals surface area contributed by atoms with Gasteiger partial charge in [-0.15, -0.1) is 11.3 Å². The highest BCUT2D eigenvalue weighted by molar-refractivity contribution is 14.1. The number of halogens is 1. The van der Waals surface area contributed by atoms with Crippen LogP contribution in [0.15, 0.2) is 11.4 Å². The lowest BCUT2D eigenvalue weighted by Gasteiger charge is -2.44. The van der Waals surface area contributed by atoms with Gasteiger partial charge in [-0.05, 0) is 35.6 Å². The van der Waals surface area contributed by atoms with Crippen LogP contribution in [0.25, 0.3) is 0 Å². The Bertz CT molecular complexity index is 367. The lowest BCUT2D eigenvalue weighted by molar-refractivity contribution is -0.0668. The molecule has 0 radical (unpaired) electrons. The van der Waals surface area contributed by atoms with Gasteiger partial charge in [0.05, 0.1) is 27.1 Å². The van der Waals surface area contributed by atoms with Gasteiger partial charge >= 0.3 is 0 Å². The fourth-order valence-corrected chi connectivity index (χ4v) is 2.84. The lowest BCUT2D eigenvalue weighted by Crippen LogP contribution is -2.61. The Kier molecular flexibility index (Phi) is 2.57. The van der Waals surface area contributed by atoms with E-state index in [4.69, 9.17) is 0 Å². The number of hydrogen-bond acceptors (Lipinski definition) is 3. The molecule has 2 heterocycles. The van der Waals surface area contributed by atoms with Gasteiger partial charge in [0.2, 0.25) is 0 Å². The van der Waals surface area contributed by atoms with E-state index >= 15 is 0 Å². The Morgan fingerprint density at radius 2 is 2.36 bits per heavy atom. The second-order valence-corrected chi connectivity index (χ2v) is 6.60. The second kappa shape index (κ2) is 3.46. The minimum atomic E-state index is -0.682. The molecule has 14 heavy (non-hydrogen) atoms. The first-order valence-electron chi connectivity index (χ1n) is 4.24. The molecule has 1 aliphatic rings. The Labute approximate surface area is 99.9 Å². The maximum Gasteiger partial charge on any atom is 0.254 e. The topological polar surface area (TPSA) is 40.5 Å². The lowest BCUT2D eigenvalue weighted by atomic mass is 9.96. The van der Waals surface area contributed by atoms with E-state index in [0.717, 1.165) is 8.45 Å². The van der Waals surface area contributed by atoms with Crippen molar-refractivity contribution < 1.29 is 9.90 Å². The third-order valence-corrected chi connectivity index (χ3v) is 3.95. The average Bonchev–Trinajstić information content (AvgIpc) is 2.46. The predicted octanol–water partition coefficient (Wildman–Crippen LogP) is 1.56. The van der Waals surface area contributed by atoms with E-state index in [-0.39, 0.29) is 5.91 Å². The molecule has 0 aliphatic carbocycles. The van der Waals surface area contributed by atoms with Gasteiger partial charge in [0.25, 0.3) is 5.91 Å². The standard InChI is InChI=1S/C9H10INO2S/c1-9(13)4-11(5-9)8(12)6-2-7(10)14-3-6/h2-3,13H,4-5H2,1H3. The number of hydrogen-bond donors (Lipinski definition) is 1. The number of likely N-dealkylation sites (tertiary alicyclic amines) is 1. The van der Waals surface area contributed by atoms with Crippen LogP contribution in [0.1, 0.15) is 17.3 Å². The van der Waals surface area contributed by atoms with Crippen LogP contribution in [0, 0.1) is 2.88 Å². The summed E-state index contributed by atoms with van der Waals surface area (Å²) in [7, 11) is 0. The fourth-order valence-electron chi connectivity index (χ4n) is 1.52. The Hall–Kier alpha value is -0.140. The summed E-state index contributed by atoms with van der Waals surface area (Å²) in [5.74, 6) is 0.0238. The zero-order valence-corrected chi connectivity index (χ0v) is 10.6. The van der Waals surface area contributed by atoms with E-state index in [9.17, 15) is 9.90 Å². The number of thiophene rings is 1. The van der Waals surface area contributed by atoms with Crippen molar-refractivity contribution >= 4 is 39.8 Å². The first-order valence-corrected chi connectivity index (χ1v) is 6.19. The summed E-state index contributed by atoms with van der Waals surface area (Å²) in [5.41, 5.74) is 0.0497. The van der Waals surface area contributed by atoms with Crippen molar-refractivity contribution in [1.82, 2.24) is 4.90 Å². The van der Waals surface area contributed by atoms with Crippen LogP contribution in [-0.4, -0.2) is 34.6 Å². The van der Waals surface area contributed by atoms with Crippen LogP contribution >= 0.6 is 33.9 Å². The van der Waals surface area contributed by atoms with E-state index in [2.05, 4.69) is 22.6 Å². The first kappa shape index (κ1) is 10.4. The molecule has 0 spiro atoms. The molecule has 0 bridgehead atoms. The number of aliphatic hydroxyl groups is 1. The third-order valence-electron chi connectivity index (χ3n) is 2.16. The van der Waals surface area contributed by atoms with Crippen LogP contribution in [0.3, 0.4) is 0 Å². The summed E-state index contributed by atoms with van der Waals surface area (Å²) in [4.78, 5) is 13.4. The number of β-amino-alcohol motifs (C(OH)–C–C–N with tert-alkyl or cyclic N) is 1. The number of rotatable bonds is 1. The van der Waals surface area contributed by atoms with Gasteiger partial charge in [-0.2, -0.15) is 0 Å². The van der Waals surface area contributed by atoms with Gasteiger partial charge in [0.15, 0.2) is 0 Å². The van der Waals surface area contributed by atoms with Crippen LogP contribution in [0.2, 0.25) is 0 Å². The van der Waals surface area contributed by atoms with Gasteiger partial charge in [-0.3, -0.25) is 4.79 Å². The van der Waals surface area contributed by atoms with Gasteiger partial charge in [-0.25, -0.2) is 0 Å². The molecule has 3 nitrogen and oxygen atoms in total. The SMILES string of the molecule is CC1(O)CN(C(=O)c2csc(I)c2)C1. The maximum atomic E-state index is 11.7. The summed E-state index contributed by atoms with van der Waals surface area (Å²) >= 11 is 3.75. The van der Waals surface area contributed by atoms with E-state index in [1.165, 1.54) is 0 Å². The smallest absolute Gasteiger partial charge is 0.254 e. The minimum Gasteiger partial charge on any atom is -0.386 e. The molecular formula is C9H10INO2S. The maximum absolute atomic E-state index is 11.7. The molecule has 1 aromatic heterocycles. The van der Waals surface area contributed by atoms with Crippen molar-refractivity contribution in [2.45, 2.75) is 12.5 Å². The van der Waals surface area contributed by atoms with Gasteiger partial charge < -0.3 is 10.0 Å². The molecule has 5 heteroatoms. The number of carbonyl (C=O) groups is 1. The molecule has 0 atom stereocenters. The fraction of sp³-hybridized carbons (Fsp3) is 0.444. The molecule has 1 amide bonds. The molecule has 1 saturated heterocycles. The minimum absolute atomic E-state index is 0.0238. The van der Waals surface area contributed by atoms with Gasteiger partial charge in [0, 0.05) is 5.38 Å². The molecular weight excluding hydrogens is 313 g/mol. The van der Waals surface area contributed by atoms with Crippen molar-refractivity contribution in [3.8, 4) is 0 Å². The molecule has 0 unspecified atom stereocenters. The summed E-state index contributed by atoms with van der Waals surface area (Å²) < 4.78 is 1.11. The van der Waals surface area contributed by atoms with Crippen LogP contribution < -0.4 is 0 Å². The average molecular weight is 323 g/mol. The van der Waals surface area contributed by atoms with Gasteiger partial charge in [0.1, 0.15) is 0 Å². The van der Waals surface area contributed by atoms with E-state index < -0.39 is 5.60 Å². The summed E-state index contributed by atoms with van der Waals surface area (Å²) in [6.07, 6.45) is 0. The molecule has 2 rings (SSSR count). The van der Waals surface area contributed by atoms with Crippen molar-refractivity contribution in [3.63, 3.8) is 0 Å². The largest absolute Gasteiger partial charge is 0.386 e. The molecule has 0 aromatic carbocycles. The number of amides is 1. The highest BCUT2D eigenvalue weighted by Gasteiger charge is 2.39. The van der Waals surface area contributed by atoms with Crippen LogP contribution in [0.5, 0.6) is 0 Å². The Morgan fingerprint density at radius 3 is 2.79 bits per heavy atom. The van der Waals surface area contributed by atoms with Crippen LogP contribution in [0.4, 0.5) is 0 Å². The Balaban J connectivity index is 2.04. The monoisotopic (exact) mass is 323 g/mol. The molecule has 1 fully saturated rings. The van der Waals surface area contributed by atoms with Crippen LogP contribution in [-0.2, 0) is 0 Å². The molecule has 1 aromatic rings. The van der Waals surface area contributed by atoms with Gasteiger partial charge in [-0.1, -0.05) is 0 Å². The zero-order valence-electron chi connectivity index (χ0n) is 7.66. The Morgan fingerprint density at radius 1 is 1.71 bits per heavy atom. The molecule has 0 saturated carbocycles. The second-order valence-electron chi connectivity index (χ2n) is 3.80. The first-order chi connectivity index (χ1) is 6.48. The van der Waals surface area contributed by atoms with E-state index in [1.54, 1.807) is 23.2 Å². The highest BCUT2D eigenvalue weighted by Crippen LogP contribution is 2.24.